The SMILES string of the molecule is CC1=C(C#N)C(I)C(C#N)=C(c2cc(C(F)(F)F)oc2C)N1. The van der Waals surface area contributed by atoms with Gasteiger partial charge in [0.25, 0.3) is 0 Å². The van der Waals surface area contributed by atoms with Crippen molar-refractivity contribution in [2.24, 2.45) is 0 Å². The van der Waals surface area contributed by atoms with Crippen LogP contribution in [0, 0.1) is 29.6 Å². The van der Waals surface area contributed by atoms with E-state index in [4.69, 9.17) is 9.68 Å². The van der Waals surface area contributed by atoms with E-state index in [1.165, 1.54) is 6.92 Å². The smallest absolute Gasteiger partial charge is 0.449 e. The van der Waals surface area contributed by atoms with E-state index >= 15 is 0 Å². The number of allylic oxidation sites excluding steroid dienone is 3. The lowest BCUT2D eigenvalue weighted by Gasteiger charge is -2.23. The molecule has 1 aliphatic heterocycles. The van der Waals surface area contributed by atoms with Crippen molar-refractivity contribution in [1.29, 1.82) is 10.5 Å². The molecule has 2 heterocycles. The highest BCUT2D eigenvalue weighted by Crippen LogP contribution is 2.38. The predicted octanol–water partition coefficient (Wildman–Crippen LogP) is 4.05. The van der Waals surface area contributed by atoms with Crippen molar-refractivity contribution in [3.8, 4) is 12.1 Å². The minimum atomic E-state index is -4.60. The van der Waals surface area contributed by atoms with E-state index < -0.39 is 15.9 Å². The van der Waals surface area contributed by atoms with Crippen molar-refractivity contribution in [3.63, 3.8) is 0 Å². The van der Waals surface area contributed by atoms with Crippen molar-refractivity contribution in [2.45, 2.75) is 23.9 Å². The summed E-state index contributed by atoms with van der Waals surface area (Å²) in [5.41, 5.74) is 1.49. The molecule has 0 aromatic carbocycles. The summed E-state index contributed by atoms with van der Waals surface area (Å²) >= 11 is 1.92. The van der Waals surface area contributed by atoms with Crippen LogP contribution in [0.25, 0.3) is 5.70 Å². The van der Waals surface area contributed by atoms with E-state index in [0.717, 1.165) is 6.07 Å². The fraction of sp³-hybridized carbons (Fsp3) is 0.286. The highest BCUT2D eigenvalue weighted by atomic mass is 127. The monoisotopic (exact) mass is 419 g/mol. The molecule has 0 saturated heterocycles. The van der Waals surface area contributed by atoms with Gasteiger partial charge in [0.1, 0.15) is 5.76 Å². The Labute approximate surface area is 138 Å². The minimum absolute atomic E-state index is 0.0550. The minimum Gasteiger partial charge on any atom is -0.456 e. The fourth-order valence-corrected chi connectivity index (χ4v) is 3.18. The highest BCUT2D eigenvalue weighted by Gasteiger charge is 2.37. The Balaban J connectivity index is 2.60. The quantitative estimate of drug-likeness (QED) is 0.551. The van der Waals surface area contributed by atoms with E-state index in [1.807, 2.05) is 34.7 Å². The lowest BCUT2D eigenvalue weighted by molar-refractivity contribution is -0.153. The standard InChI is InChI=1S/C14H9F3IN3O/c1-6-9(4-19)12(18)10(5-20)13(21-6)8-3-11(14(15,16)17)22-7(8)2/h3,12,21H,1-2H3. The third-order valence-electron chi connectivity index (χ3n) is 3.20. The Morgan fingerprint density at radius 1 is 1.23 bits per heavy atom. The number of aryl methyl sites for hydroxylation is 1. The fourth-order valence-electron chi connectivity index (χ4n) is 2.12. The van der Waals surface area contributed by atoms with Gasteiger partial charge in [0.15, 0.2) is 0 Å². The van der Waals surface area contributed by atoms with Gasteiger partial charge in [-0.2, -0.15) is 23.7 Å². The lowest BCUT2D eigenvalue weighted by atomic mass is 9.96. The van der Waals surface area contributed by atoms with Gasteiger partial charge in [0, 0.05) is 11.3 Å². The van der Waals surface area contributed by atoms with Gasteiger partial charge in [-0.1, -0.05) is 22.6 Å². The van der Waals surface area contributed by atoms with Gasteiger partial charge >= 0.3 is 6.18 Å². The zero-order valence-electron chi connectivity index (χ0n) is 11.5. The molecular weight excluding hydrogens is 410 g/mol. The van der Waals surface area contributed by atoms with Gasteiger partial charge in [-0.15, -0.1) is 0 Å². The Kier molecular flexibility index (Phi) is 4.25. The average Bonchev–Trinajstić information content (AvgIpc) is 2.80. The van der Waals surface area contributed by atoms with Gasteiger partial charge in [-0.25, -0.2) is 0 Å². The van der Waals surface area contributed by atoms with E-state index in [0.29, 0.717) is 11.3 Å². The number of nitrogens with zero attached hydrogens (tertiary/aromatic N) is 2. The molecular formula is C14H9F3IN3O. The number of nitrogens with one attached hydrogen (secondary N) is 1. The average molecular weight is 419 g/mol. The molecule has 1 aliphatic rings. The first kappa shape index (κ1) is 16.4. The number of nitriles is 2. The molecule has 1 atom stereocenters. The van der Waals surface area contributed by atoms with E-state index in [1.54, 1.807) is 6.92 Å². The summed E-state index contributed by atoms with van der Waals surface area (Å²) in [7, 11) is 0. The van der Waals surface area contributed by atoms with Crippen LogP contribution in [0.15, 0.2) is 27.3 Å². The van der Waals surface area contributed by atoms with Crippen LogP contribution >= 0.6 is 22.6 Å². The lowest BCUT2D eigenvalue weighted by Crippen LogP contribution is -2.25. The van der Waals surface area contributed by atoms with Crippen molar-refractivity contribution < 1.29 is 17.6 Å². The Morgan fingerprint density at radius 2 is 1.82 bits per heavy atom. The number of alkyl halides is 4. The van der Waals surface area contributed by atoms with Gasteiger partial charge in [0.2, 0.25) is 5.76 Å². The molecule has 0 aliphatic carbocycles. The van der Waals surface area contributed by atoms with Crippen LogP contribution in [0.3, 0.4) is 0 Å². The summed E-state index contributed by atoms with van der Waals surface area (Å²) in [6.45, 7) is 3.04. The molecule has 0 fully saturated rings. The van der Waals surface area contributed by atoms with Gasteiger partial charge in [-0.05, 0) is 19.9 Å². The molecule has 1 aromatic rings. The zero-order valence-corrected chi connectivity index (χ0v) is 13.6. The molecule has 8 heteroatoms. The molecule has 0 bridgehead atoms. The number of furan rings is 1. The number of hydrogen-bond acceptors (Lipinski definition) is 4. The number of rotatable bonds is 1. The first-order chi connectivity index (χ1) is 10.2. The van der Waals surface area contributed by atoms with Gasteiger partial charge in [0.05, 0.1) is 32.9 Å². The van der Waals surface area contributed by atoms with Crippen molar-refractivity contribution >= 4 is 28.3 Å². The summed E-state index contributed by atoms with van der Waals surface area (Å²) in [6, 6.07) is 4.83. The van der Waals surface area contributed by atoms with Crippen LogP contribution in [0.5, 0.6) is 0 Å². The first-order valence-electron chi connectivity index (χ1n) is 6.05. The molecule has 0 saturated carbocycles. The van der Waals surface area contributed by atoms with Crippen LogP contribution in [-0.4, -0.2) is 3.92 Å². The number of halogens is 4. The Bertz CT molecular complexity index is 775. The van der Waals surface area contributed by atoms with Crippen LogP contribution in [0.1, 0.15) is 24.0 Å². The maximum Gasteiger partial charge on any atom is 0.449 e. The molecule has 0 spiro atoms. The highest BCUT2D eigenvalue weighted by molar-refractivity contribution is 14.1. The second-order valence-electron chi connectivity index (χ2n) is 4.62. The zero-order chi connectivity index (χ0) is 16.7. The van der Waals surface area contributed by atoms with E-state index in [9.17, 15) is 18.4 Å². The van der Waals surface area contributed by atoms with Crippen molar-refractivity contribution in [1.82, 2.24) is 5.32 Å². The first-order valence-corrected chi connectivity index (χ1v) is 7.29. The molecule has 1 unspecified atom stereocenters. The van der Waals surface area contributed by atoms with Gasteiger partial charge < -0.3 is 9.73 Å². The molecule has 0 radical (unpaired) electrons. The van der Waals surface area contributed by atoms with Crippen LogP contribution in [0.4, 0.5) is 13.2 Å². The summed E-state index contributed by atoms with van der Waals surface area (Å²) in [5, 5.41) is 21.3. The summed E-state index contributed by atoms with van der Waals surface area (Å²) < 4.78 is 42.5. The van der Waals surface area contributed by atoms with Crippen LogP contribution in [0.2, 0.25) is 0 Å². The summed E-state index contributed by atoms with van der Waals surface area (Å²) in [4.78, 5) is 0. The van der Waals surface area contributed by atoms with Crippen LogP contribution < -0.4 is 5.32 Å². The molecule has 1 N–H and O–H groups in total. The number of dihydropyridines is 1. The molecule has 114 valence electrons. The topological polar surface area (TPSA) is 72.8 Å². The Hall–Kier alpha value is -1.94. The van der Waals surface area contributed by atoms with Gasteiger partial charge in [-0.3, -0.25) is 0 Å². The third-order valence-corrected chi connectivity index (χ3v) is 4.45. The maximum atomic E-state index is 12.7. The molecule has 22 heavy (non-hydrogen) atoms. The third kappa shape index (κ3) is 2.71. The van der Waals surface area contributed by atoms with E-state index in [-0.39, 0.29) is 22.6 Å². The van der Waals surface area contributed by atoms with Crippen molar-refractivity contribution in [3.05, 3.63) is 40.0 Å². The maximum absolute atomic E-state index is 12.7. The van der Waals surface area contributed by atoms with E-state index in [2.05, 4.69) is 5.32 Å². The number of hydrogen-bond donors (Lipinski definition) is 1. The normalized spacial score (nSPS) is 18.8. The van der Waals surface area contributed by atoms with Crippen molar-refractivity contribution in [2.75, 3.05) is 0 Å². The Morgan fingerprint density at radius 3 is 2.27 bits per heavy atom. The van der Waals surface area contributed by atoms with Crippen LogP contribution in [-0.2, 0) is 6.18 Å². The predicted molar refractivity (Wildman–Crippen MR) is 80.2 cm³/mol. The molecule has 4 nitrogen and oxygen atoms in total. The summed E-state index contributed by atoms with van der Waals surface area (Å²) in [6.07, 6.45) is -4.60. The summed E-state index contributed by atoms with van der Waals surface area (Å²) in [5.74, 6) is -1.07. The molecule has 2 rings (SSSR count). The molecule has 0 amide bonds. The second kappa shape index (κ2) is 5.69. The largest absolute Gasteiger partial charge is 0.456 e. The molecule has 1 aromatic heterocycles. The second-order valence-corrected chi connectivity index (χ2v) is 5.86.